The molecule has 5 nitrogen and oxygen atoms in total. The molecule has 0 radical (unpaired) electrons. The Kier molecular flexibility index (Phi) is 4.92. The third-order valence-electron chi connectivity index (χ3n) is 3.98. The molecule has 2 aromatic heterocycles. The van der Waals surface area contributed by atoms with E-state index < -0.39 is 5.91 Å². The second-order valence-corrected chi connectivity index (χ2v) is 7.43. The van der Waals surface area contributed by atoms with Crippen LogP contribution in [-0.4, -0.2) is 15.5 Å². The van der Waals surface area contributed by atoms with Gasteiger partial charge in [-0.05, 0) is 17.7 Å². The molecule has 0 atom stereocenters. The van der Waals surface area contributed by atoms with Gasteiger partial charge in [0.15, 0.2) is 0 Å². The highest BCUT2D eigenvalue weighted by Crippen LogP contribution is 2.32. The van der Waals surface area contributed by atoms with Crippen LogP contribution in [0.5, 0.6) is 0 Å². The first-order chi connectivity index (χ1) is 11.9. The highest BCUT2D eigenvalue weighted by Gasteiger charge is 2.18. The molecule has 0 unspecified atom stereocenters. The number of hydrogen-bond acceptors (Lipinski definition) is 4. The minimum absolute atomic E-state index is 0.0612. The summed E-state index contributed by atoms with van der Waals surface area (Å²) in [5.74, 6) is 0.291. The Morgan fingerprint density at radius 2 is 2.00 bits per heavy atom. The van der Waals surface area contributed by atoms with Crippen molar-refractivity contribution in [3.05, 3.63) is 50.8 Å². The molecule has 0 spiro atoms. The number of halogens is 1. The lowest BCUT2D eigenvalue weighted by molar-refractivity contribution is -0.118. The molecule has 2 heterocycles. The van der Waals surface area contributed by atoms with E-state index in [2.05, 4.69) is 4.98 Å². The molecule has 1 aromatic carbocycles. The molecule has 0 bridgehead atoms. The molecule has 7 heteroatoms. The predicted octanol–water partition coefficient (Wildman–Crippen LogP) is 3.78. The van der Waals surface area contributed by atoms with Crippen LogP contribution in [0.4, 0.5) is 0 Å². The summed E-state index contributed by atoms with van der Waals surface area (Å²) in [5.41, 5.74) is 6.86. The topological polar surface area (TPSA) is 78.0 Å². The lowest BCUT2D eigenvalue weighted by Gasteiger charge is -2.14. The van der Waals surface area contributed by atoms with Gasteiger partial charge in [0.05, 0.1) is 5.39 Å². The second-order valence-electron chi connectivity index (χ2n) is 6.13. The number of fused-ring (bicyclic) bond motifs is 1. The molecule has 0 aliphatic heterocycles. The first-order valence-electron chi connectivity index (χ1n) is 7.94. The molecule has 0 aliphatic rings. The van der Waals surface area contributed by atoms with E-state index in [4.69, 9.17) is 17.3 Å². The van der Waals surface area contributed by atoms with Crippen molar-refractivity contribution in [2.75, 3.05) is 0 Å². The van der Waals surface area contributed by atoms with Gasteiger partial charge in [-0.25, -0.2) is 4.98 Å². The molecule has 0 aliphatic carbocycles. The molecule has 130 valence electrons. The van der Waals surface area contributed by atoms with Crippen LogP contribution in [0.15, 0.2) is 34.4 Å². The minimum atomic E-state index is -0.440. The van der Waals surface area contributed by atoms with Crippen molar-refractivity contribution in [1.82, 2.24) is 9.55 Å². The summed E-state index contributed by atoms with van der Waals surface area (Å²) in [7, 11) is 0. The Labute approximate surface area is 154 Å². The molecular weight excluding hydrogens is 358 g/mol. The van der Waals surface area contributed by atoms with Gasteiger partial charge in [-0.2, -0.15) is 0 Å². The fourth-order valence-electron chi connectivity index (χ4n) is 2.76. The first-order valence-corrected chi connectivity index (χ1v) is 9.20. The molecule has 0 saturated heterocycles. The fourth-order valence-corrected chi connectivity index (χ4v) is 3.83. The zero-order valence-electron chi connectivity index (χ0n) is 14.0. The maximum absolute atomic E-state index is 13.1. The Morgan fingerprint density at radius 3 is 2.60 bits per heavy atom. The fraction of sp³-hybridized carbons (Fsp3) is 0.278. The molecule has 25 heavy (non-hydrogen) atoms. The number of hydrogen-bond donors (Lipinski definition) is 1. The largest absolute Gasteiger partial charge is 0.370 e. The number of nitrogens with zero attached hydrogens (tertiary/aromatic N) is 2. The van der Waals surface area contributed by atoms with Crippen LogP contribution in [0.3, 0.4) is 0 Å². The molecule has 3 rings (SSSR count). The average Bonchev–Trinajstić information content (AvgIpc) is 2.98. The number of carbonyl (C=O) groups is 1. The van der Waals surface area contributed by atoms with E-state index in [1.807, 2.05) is 31.4 Å². The number of nitrogens with two attached hydrogens (primary N) is 1. The summed E-state index contributed by atoms with van der Waals surface area (Å²) in [6.45, 7) is 4.19. The number of rotatable bonds is 5. The summed E-state index contributed by atoms with van der Waals surface area (Å²) in [6.07, 6.45) is 0.104. The van der Waals surface area contributed by atoms with Gasteiger partial charge in [-0.15, -0.1) is 11.3 Å². The SMILES string of the molecule is CC(C)c1nc2scc(-c3ccc(Cl)cc3)c2c(=O)n1CCC(N)=O. The number of primary amides is 1. The van der Waals surface area contributed by atoms with E-state index in [-0.39, 0.29) is 24.4 Å². The van der Waals surface area contributed by atoms with Crippen molar-refractivity contribution in [2.24, 2.45) is 5.73 Å². The minimum Gasteiger partial charge on any atom is -0.370 e. The molecule has 3 aromatic rings. The van der Waals surface area contributed by atoms with Gasteiger partial charge in [0.1, 0.15) is 10.7 Å². The first kappa shape index (κ1) is 17.6. The molecule has 0 fully saturated rings. The Bertz CT molecular complexity index is 990. The van der Waals surface area contributed by atoms with Crippen molar-refractivity contribution >= 4 is 39.1 Å². The van der Waals surface area contributed by atoms with Gasteiger partial charge in [-0.1, -0.05) is 37.6 Å². The zero-order chi connectivity index (χ0) is 18.1. The summed E-state index contributed by atoms with van der Waals surface area (Å²) < 4.78 is 1.57. The molecule has 0 saturated carbocycles. The van der Waals surface area contributed by atoms with Gasteiger partial charge in [0, 0.05) is 34.8 Å². The number of carbonyl (C=O) groups excluding carboxylic acids is 1. The van der Waals surface area contributed by atoms with Crippen LogP contribution in [0.25, 0.3) is 21.3 Å². The van der Waals surface area contributed by atoms with Crippen molar-refractivity contribution < 1.29 is 4.79 Å². The monoisotopic (exact) mass is 375 g/mol. The summed E-state index contributed by atoms with van der Waals surface area (Å²) in [6, 6.07) is 7.35. The van der Waals surface area contributed by atoms with E-state index >= 15 is 0 Å². The molecule has 1 amide bonds. The lowest BCUT2D eigenvalue weighted by Crippen LogP contribution is -2.28. The quantitative estimate of drug-likeness (QED) is 0.737. The van der Waals surface area contributed by atoms with E-state index in [0.717, 1.165) is 11.1 Å². The molecular formula is C18H18ClN3O2S. The van der Waals surface area contributed by atoms with Gasteiger partial charge in [0.25, 0.3) is 5.56 Å². The van der Waals surface area contributed by atoms with Crippen LogP contribution < -0.4 is 11.3 Å². The summed E-state index contributed by atoms with van der Waals surface area (Å²) in [5, 5.41) is 3.15. The van der Waals surface area contributed by atoms with Crippen molar-refractivity contribution in [3.8, 4) is 11.1 Å². The second kappa shape index (κ2) is 6.98. The average molecular weight is 376 g/mol. The third-order valence-corrected chi connectivity index (χ3v) is 5.10. The maximum atomic E-state index is 13.1. The summed E-state index contributed by atoms with van der Waals surface area (Å²) >= 11 is 7.40. The van der Waals surface area contributed by atoms with Crippen LogP contribution >= 0.6 is 22.9 Å². The van der Waals surface area contributed by atoms with Gasteiger partial charge in [-0.3, -0.25) is 14.2 Å². The van der Waals surface area contributed by atoms with Gasteiger partial charge >= 0.3 is 0 Å². The van der Waals surface area contributed by atoms with E-state index in [1.54, 1.807) is 16.7 Å². The van der Waals surface area contributed by atoms with E-state index in [9.17, 15) is 9.59 Å². The van der Waals surface area contributed by atoms with E-state index in [1.165, 1.54) is 11.3 Å². The van der Waals surface area contributed by atoms with Crippen molar-refractivity contribution in [2.45, 2.75) is 32.7 Å². The zero-order valence-corrected chi connectivity index (χ0v) is 15.5. The highest BCUT2D eigenvalue weighted by molar-refractivity contribution is 7.17. The third kappa shape index (κ3) is 3.45. The highest BCUT2D eigenvalue weighted by atomic mass is 35.5. The smallest absolute Gasteiger partial charge is 0.262 e. The normalized spacial score (nSPS) is 11.4. The lowest BCUT2D eigenvalue weighted by atomic mass is 10.1. The van der Waals surface area contributed by atoms with Crippen LogP contribution in [0.1, 0.15) is 32.0 Å². The Hall–Kier alpha value is -2.18. The summed E-state index contributed by atoms with van der Waals surface area (Å²) in [4.78, 5) is 29.7. The number of amides is 1. The Balaban J connectivity index is 2.23. The van der Waals surface area contributed by atoms with Crippen LogP contribution in [0.2, 0.25) is 5.02 Å². The van der Waals surface area contributed by atoms with Gasteiger partial charge in [0.2, 0.25) is 5.91 Å². The molecule has 2 N–H and O–H groups in total. The van der Waals surface area contributed by atoms with E-state index in [0.29, 0.717) is 21.1 Å². The number of benzene rings is 1. The predicted molar refractivity (Wildman–Crippen MR) is 102 cm³/mol. The Morgan fingerprint density at radius 1 is 1.32 bits per heavy atom. The van der Waals surface area contributed by atoms with Crippen LogP contribution in [0, 0.1) is 0 Å². The maximum Gasteiger partial charge on any atom is 0.262 e. The van der Waals surface area contributed by atoms with Crippen molar-refractivity contribution in [1.29, 1.82) is 0 Å². The van der Waals surface area contributed by atoms with Crippen LogP contribution in [-0.2, 0) is 11.3 Å². The van der Waals surface area contributed by atoms with Gasteiger partial charge < -0.3 is 5.73 Å². The number of thiophene rings is 1. The standard InChI is InChI=1S/C18H18ClN3O2S/c1-10(2)16-21-17-15(18(24)22(16)8-7-14(20)23)13(9-25-17)11-3-5-12(19)6-4-11/h3-6,9-10H,7-8H2,1-2H3,(H2,20,23). The number of aromatic nitrogens is 2. The van der Waals surface area contributed by atoms with Crippen molar-refractivity contribution in [3.63, 3.8) is 0 Å².